The van der Waals surface area contributed by atoms with E-state index in [1.165, 1.54) is 24.4 Å². The van der Waals surface area contributed by atoms with Crippen molar-refractivity contribution in [3.8, 4) is 6.07 Å². The van der Waals surface area contributed by atoms with Gasteiger partial charge < -0.3 is 4.90 Å². The molecule has 4 nitrogen and oxygen atoms in total. The van der Waals surface area contributed by atoms with Crippen LogP contribution in [0.2, 0.25) is 0 Å². The van der Waals surface area contributed by atoms with E-state index >= 15 is 0 Å². The highest BCUT2D eigenvalue weighted by Gasteiger charge is 2.30. The van der Waals surface area contributed by atoms with E-state index in [4.69, 9.17) is 5.26 Å². The van der Waals surface area contributed by atoms with Crippen LogP contribution in [-0.4, -0.2) is 21.9 Å². The van der Waals surface area contributed by atoms with Crippen LogP contribution in [0.3, 0.4) is 0 Å². The van der Waals surface area contributed by atoms with Gasteiger partial charge in [0.15, 0.2) is 0 Å². The summed E-state index contributed by atoms with van der Waals surface area (Å²) >= 11 is 1.43. The van der Waals surface area contributed by atoms with Crippen molar-refractivity contribution >= 4 is 16.7 Å². The molecular weight excluding hydrogens is 196 g/mol. The van der Waals surface area contributed by atoms with Crippen molar-refractivity contribution in [2.45, 2.75) is 32.2 Å². The fourth-order valence-electron chi connectivity index (χ4n) is 1.39. The molecule has 1 aliphatic rings. The van der Waals surface area contributed by atoms with E-state index in [9.17, 15) is 0 Å². The molecule has 5 heteroatoms. The highest BCUT2D eigenvalue weighted by Crippen LogP contribution is 2.32. The summed E-state index contributed by atoms with van der Waals surface area (Å²) in [4.78, 5) is 6.57. The van der Waals surface area contributed by atoms with E-state index in [1.807, 2.05) is 6.92 Å². The minimum atomic E-state index is 0.565. The molecule has 1 heterocycles. The highest BCUT2D eigenvalue weighted by atomic mass is 32.1. The first-order valence-electron chi connectivity index (χ1n) is 4.75. The van der Waals surface area contributed by atoms with Gasteiger partial charge in [-0.25, -0.2) is 4.98 Å². The van der Waals surface area contributed by atoms with Crippen LogP contribution in [0.25, 0.3) is 0 Å². The molecule has 0 saturated heterocycles. The molecule has 14 heavy (non-hydrogen) atoms. The number of hydrogen-bond donors (Lipinski definition) is 0. The number of hydrogen-bond acceptors (Lipinski definition) is 5. The average Bonchev–Trinajstić information content (AvgIpc) is 2.91. The van der Waals surface area contributed by atoms with Crippen molar-refractivity contribution in [1.29, 1.82) is 5.26 Å². The molecule has 0 unspecified atom stereocenters. The molecule has 0 bridgehead atoms. The maximum atomic E-state index is 8.56. The average molecular weight is 208 g/mol. The summed E-state index contributed by atoms with van der Waals surface area (Å²) in [7, 11) is 0. The molecule has 0 amide bonds. The molecule has 2 rings (SSSR count). The number of nitrogens with zero attached hydrogens (tertiary/aromatic N) is 4. The second-order valence-corrected chi connectivity index (χ2v) is 4.19. The van der Waals surface area contributed by atoms with E-state index in [0.29, 0.717) is 12.5 Å². The molecular formula is C9H12N4S. The van der Waals surface area contributed by atoms with Gasteiger partial charge in [0.05, 0.1) is 12.5 Å². The van der Waals surface area contributed by atoms with Crippen LogP contribution >= 0.6 is 11.5 Å². The topological polar surface area (TPSA) is 52.8 Å². The van der Waals surface area contributed by atoms with Gasteiger partial charge in [-0.1, -0.05) is 0 Å². The lowest BCUT2D eigenvalue weighted by Crippen LogP contribution is -2.26. The molecule has 0 aromatic carbocycles. The Morgan fingerprint density at radius 2 is 2.43 bits per heavy atom. The van der Waals surface area contributed by atoms with E-state index in [1.54, 1.807) is 0 Å². The predicted molar refractivity (Wildman–Crippen MR) is 55.2 cm³/mol. The standard InChI is InChI=1S/C9H12N4S/c1-7-11-9(14-12-7)13(6-2-5-10)8-3-4-8/h8H,2-4,6H2,1H3. The number of aromatic nitrogens is 2. The van der Waals surface area contributed by atoms with Gasteiger partial charge in [-0.15, -0.1) is 0 Å². The Bertz CT molecular complexity index is 350. The summed E-state index contributed by atoms with van der Waals surface area (Å²) in [6.45, 7) is 2.69. The van der Waals surface area contributed by atoms with Crippen molar-refractivity contribution in [1.82, 2.24) is 9.36 Å². The molecule has 0 radical (unpaired) electrons. The first kappa shape index (κ1) is 9.41. The maximum Gasteiger partial charge on any atom is 0.205 e. The lowest BCUT2D eigenvalue weighted by Gasteiger charge is -2.18. The largest absolute Gasteiger partial charge is 0.343 e. The Balaban J connectivity index is 2.06. The van der Waals surface area contributed by atoms with Gasteiger partial charge >= 0.3 is 0 Å². The van der Waals surface area contributed by atoms with Crippen LogP contribution < -0.4 is 4.90 Å². The molecule has 1 saturated carbocycles. The third-order valence-corrected chi connectivity index (χ3v) is 3.06. The summed E-state index contributed by atoms with van der Waals surface area (Å²) in [6, 6.07) is 2.78. The molecule has 1 aromatic rings. The first-order valence-corrected chi connectivity index (χ1v) is 5.52. The normalized spacial score (nSPS) is 15.1. The Morgan fingerprint density at radius 3 is 2.93 bits per heavy atom. The first-order chi connectivity index (χ1) is 6.81. The third kappa shape index (κ3) is 2.02. The van der Waals surface area contributed by atoms with Crippen LogP contribution in [0, 0.1) is 18.3 Å². The van der Waals surface area contributed by atoms with Crippen molar-refractivity contribution in [3.05, 3.63) is 5.82 Å². The van der Waals surface area contributed by atoms with Crippen molar-refractivity contribution in [2.75, 3.05) is 11.4 Å². The fourth-order valence-corrected chi connectivity index (χ4v) is 2.17. The van der Waals surface area contributed by atoms with Crippen LogP contribution in [0.1, 0.15) is 25.1 Å². The zero-order chi connectivity index (χ0) is 9.97. The lowest BCUT2D eigenvalue weighted by molar-refractivity contribution is 0.787. The summed E-state index contributed by atoms with van der Waals surface area (Å²) < 4.78 is 4.16. The van der Waals surface area contributed by atoms with Crippen LogP contribution in [-0.2, 0) is 0 Å². The molecule has 1 aromatic heterocycles. The molecule has 1 aliphatic carbocycles. The van der Waals surface area contributed by atoms with Gasteiger partial charge in [0.25, 0.3) is 0 Å². The van der Waals surface area contributed by atoms with Crippen molar-refractivity contribution in [2.24, 2.45) is 0 Å². The Morgan fingerprint density at radius 1 is 1.64 bits per heavy atom. The minimum absolute atomic E-state index is 0.565. The number of rotatable bonds is 4. The van der Waals surface area contributed by atoms with Gasteiger partial charge in [0, 0.05) is 24.1 Å². The summed E-state index contributed by atoms with van der Waals surface area (Å²) in [5.41, 5.74) is 0. The van der Waals surface area contributed by atoms with Gasteiger partial charge in [0.2, 0.25) is 5.13 Å². The predicted octanol–water partition coefficient (Wildman–Crippen LogP) is 1.73. The van der Waals surface area contributed by atoms with Crippen molar-refractivity contribution in [3.63, 3.8) is 0 Å². The number of anilines is 1. The molecule has 74 valence electrons. The van der Waals surface area contributed by atoms with E-state index < -0.39 is 0 Å². The van der Waals surface area contributed by atoms with Gasteiger partial charge in [0.1, 0.15) is 5.82 Å². The molecule has 0 atom stereocenters. The monoisotopic (exact) mass is 208 g/mol. The molecule has 0 spiro atoms. The van der Waals surface area contributed by atoms with E-state index in [0.717, 1.165) is 17.5 Å². The Hall–Kier alpha value is -1.15. The lowest BCUT2D eigenvalue weighted by atomic mass is 10.4. The highest BCUT2D eigenvalue weighted by molar-refractivity contribution is 7.09. The van der Waals surface area contributed by atoms with E-state index in [2.05, 4.69) is 20.3 Å². The second kappa shape index (κ2) is 3.93. The third-order valence-electron chi connectivity index (χ3n) is 2.21. The number of nitriles is 1. The van der Waals surface area contributed by atoms with Gasteiger partial charge in [-0.2, -0.15) is 9.64 Å². The summed E-state index contributed by atoms with van der Waals surface area (Å²) in [5.74, 6) is 0.826. The molecule has 1 fully saturated rings. The van der Waals surface area contributed by atoms with Gasteiger partial charge in [-0.05, 0) is 19.8 Å². The summed E-state index contributed by atoms with van der Waals surface area (Å²) in [5, 5.41) is 9.53. The van der Waals surface area contributed by atoms with Crippen molar-refractivity contribution < 1.29 is 0 Å². The van der Waals surface area contributed by atoms with E-state index in [-0.39, 0.29) is 0 Å². The zero-order valence-electron chi connectivity index (χ0n) is 8.10. The SMILES string of the molecule is Cc1nsc(N(CCC#N)C2CC2)n1. The Labute approximate surface area is 87.4 Å². The zero-order valence-corrected chi connectivity index (χ0v) is 8.92. The second-order valence-electron chi connectivity index (χ2n) is 3.46. The Kier molecular flexibility index (Phi) is 2.64. The fraction of sp³-hybridized carbons (Fsp3) is 0.667. The maximum absolute atomic E-state index is 8.56. The quantitative estimate of drug-likeness (QED) is 0.756. The smallest absolute Gasteiger partial charge is 0.205 e. The molecule has 0 aliphatic heterocycles. The summed E-state index contributed by atoms with van der Waals surface area (Å²) in [6.07, 6.45) is 3.02. The van der Waals surface area contributed by atoms with Crippen LogP contribution in [0.5, 0.6) is 0 Å². The van der Waals surface area contributed by atoms with Crippen LogP contribution in [0.4, 0.5) is 5.13 Å². The number of aryl methyl sites for hydroxylation is 1. The minimum Gasteiger partial charge on any atom is -0.343 e. The van der Waals surface area contributed by atoms with Gasteiger partial charge in [-0.3, -0.25) is 0 Å². The van der Waals surface area contributed by atoms with Crippen LogP contribution in [0.15, 0.2) is 0 Å². The molecule has 0 N–H and O–H groups in total.